The molecule has 3 aliphatic heterocycles. The fourth-order valence-electron chi connectivity index (χ4n) is 3.77. The van der Waals surface area contributed by atoms with Crippen LogP contribution in [0.3, 0.4) is 0 Å². The lowest BCUT2D eigenvalue weighted by Crippen LogP contribution is -2.41. The maximum Gasteiger partial charge on any atom is 0.243 e. The average molecular weight is 355 g/mol. The van der Waals surface area contributed by atoms with Crippen LogP contribution in [0.1, 0.15) is 6.42 Å². The molecule has 8 heteroatoms. The zero-order chi connectivity index (χ0) is 16.8. The highest BCUT2D eigenvalue weighted by atomic mass is 32.2. The standard InChI is InChI=1S/C16H21NO6S/c18-11-16-3-4-21-9-12(16)8-17(10-16)24(19,20)13-1-2-14-15(7-13)23-6-5-22-14/h1-2,7,12,18H,3-6,8-11H2/t12-,16-/m1/s1. The van der Waals surface area contributed by atoms with Gasteiger partial charge in [0, 0.05) is 37.1 Å². The summed E-state index contributed by atoms with van der Waals surface area (Å²) in [5.74, 6) is 1.05. The number of hydrogen-bond acceptors (Lipinski definition) is 6. The summed E-state index contributed by atoms with van der Waals surface area (Å²) in [6.07, 6.45) is 0.682. The molecule has 0 unspecified atom stereocenters. The van der Waals surface area contributed by atoms with E-state index in [0.717, 1.165) is 0 Å². The van der Waals surface area contributed by atoms with Crippen molar-refractivity contribution in [2.24, 2.45) is 11.3 Å². The molecule has 0 aromatic heterocycles. The number of benzene rings is 1. The molecule has 0 saturated carbocycles. The van der Waals surface area contributed by atoms with Gasteiger partial charge in [-0.2, -0.15) is 4.31 Å². The monoisotopic (exact) mass is 355 g/mol. The highest BCUT2D eigenvalue weighted by molar-refractivity contribution is 7.89. The summed E-state index contributed by atoms with van der Waals surface area (Å²) in [5, 5.41) is 9.85. The number of sulfonamides is 1. The van der Waals surface area contributed by atoms with Crippen LogP contribution in [0, 0.1) is 11.3 Å². The topological polar surface area (TPSA) is 85.3 Å². The first-order valence-electron chi connectivity index (χ1n) is 8.14. The molecule has 2 atom stereocenters. The first-order valence-corrected chi connectivity index (χ1v) is 9.58. The second-order valence-corrected chi connectivity index (χ2v) is 8.58. The van der Waals surface area contributed by atoms with E-state index in [0.29, 0.717) is 57.4 Å². The number of rotatable bonds is 3. The largest absolute Gasteiger partial charge is 0.486 e. The molecule has 1 aromatic carbocycles. The van der Waals surface area contributed by atoms with Crippen molar-refractivity contribution in [1.82, 2.24) is 4.31 Å². The predicted molar refractivity (Wildman–Crippen MR) is 84.6 cm³/mol. The minimum Gasteiger partial charge on any atom is -0.486 e. The van der Waals surface area contributed by atoms with Crippen LogP contribution in [-0.4, -0.2) is 64.0 Å². The predicted octanol–water partition coefficient (Wildman–Crippen LogP) is 0.477. The van der Waals surface area contributed by atoms with E-state index < -0.39 is 10.0 Å². The van der Waals surface area contributed by atoms with Gasteiger partial charge in [0.2, 0.25) is 10.0 Å². The summed E-state index contributed by atoms with van der Waals surface area (Å²) in [6, 6.07) is 4.70. The van der Waals surface area contributed by atoms with Gasteiger partial charge < -0.3 is 19.3 Å². The molecule has 7 nitrogen and oxygen atoms in total. The van der Waals surface area contributed by atoms with E-state index in [1.54, 1.807) is 12.1 Å². The van der Waals surface area contributed by atoms with Crippen LogP contribution < -0.4 is 9.47 Å². The lowest BCUT2D eigenvalue weighted by atomic mass is 9.75. The summed E-state index contributed by atoms with van der Waals surface area (Å²) < 4.78 is 43.9. The fraction of sp³-hybridized carbons (Fsp3) is 0.625. The minimum absolute atomic E-state index is 0.0197. The van der Waals surface area contributed by atoms with E-state index in [2.05, 4.69) is 0 Å². The summed E-state index contributed by atoms with van der Waals surface area (Å²) >= 11 is 0. The van der Waals surface area contributed by atoms with Gasteiger partial charge in [0.05, 0.1) is 18.1 Å². The Morgan fingerprint density at radius 2 is 2.00 bits per heavy atom. The fourth-order valence-corrected chi connectivity index (χ4v) is 5.37. The van der Waals surface area contributed by atoms with Crippen molar-refractivity contribution in [3.05, 3.63) is 18.2 Å². The zero-order valence-electron chi connectivity index (χ0n) is 13.3. The smallest absolute Gasteiger partial charge is 0.243 e. The molecule has 2 saturated heterocycles. The summed E-state index contributed by atoms with van der Waals surface area (Å²) in [6.45, 7) is 2.61. The SMILES string of the molecule is O=S(=O)(c1ccc2c(c1)OCCO2)N1C[C@@H]2COCC[C@]2(CO)C1. The minimum atomic E-state index is -3.65. The summed E-state index contributed by atoms with van der Waals surface area (Å²) in [7, 11) is -3.65. The molecular formula is C16H21NO6S. The Bertz CT molecular complexity index is 736. The van der Waals surface area contributed by atoms with Crippen LogP contribution in [0.25, 0.3) is 0 Å². The van der Waals surface area contributed by atoms with E-state index in [4.69, 9.17) is 14.2 Å². The Morgan fingerprint density at radius 3 is 2.75 bits per heavy atom. The molecule has 1 aromatic rings. The molecule has 0 radical (unpaired) electrons. The van der Waals surface area contributed by atoms with E-state index in [9.17, 15) is 13.5 Å². The Kier molecular flexibility index (Phi) is 3.95. The maximum absolute atomic E-state index is 13.0. The van der Waals surface area contributed by atoms with Crippen LogP contribution in [-0.2, 0) is 14.8 Å². The van der Waals surface area contributed by atoms with Gasteiger partial charge in [0.15, 0.2) is 11.5 Å². The van der Waals surface area contributed by atoms with Gasteiger partial charge in [0.1, 0.15) is 13.2 Å². The molecule has 1 N–H and O–H groups in total. The highest BCUT2D eigenvalue weighted by Crippen LogP contribution is 2.44. The Hall–Kier alpha value is -1.35. The molecular weight excluding hydrogens is 334 g/mol. The molecule has 0 amide bonds. The molecule has 2 fully saturated rings. The first kappa shape index (κ1) is 16.1. The Labute approximate surface area is 141 Å². The van der Waals surface area contributed by atoms with E-state index in [1.165, 1.54) is 10.4 Å². The molecule has 0 aliphatic carbocycles. The third kappa shape index (κ3) is 2.48. The lowest BCUT2D eigenvalue weighted by Gasteiger charge is -2.36. The quantitative estimate of drug-likeness (QED) is 0.849. The number of ether oxygens (including phenoxy) is 3. The van der Waals surface area contributed by atoms with Gasteiger partial charge in [-0.3, -0.25) is 0 Å². The third-order valence-corrected chi connectivity index (χ3v) is 7.12. The molecule has 0 bridgehead atoms. The highest BCUT2D eigenvalue weighted by Gasteiger charge is 2.51. The molecule has 3 heterocycles. The number of fused-ring (bicyclic) bond motifs is 2. The molecule has 0 spiro atoms. The third-order valence-electron chi connectivity index (χ3n) is 5.31. The summed E-state index contributed by atoms with van der Waals surface area (Å²) in [4.78, 5) is 0.194. The Morgan fingerprint density at radius 1 is 1.21 bits per heavy atom. The second kappa shape index (κ2) is 5.87. The average Bonchev–Trinajstić information content (AvgIpc) is 3.02. The number of aliphatic hydroxyl groups excluding tert-OH is 1. The first-order chi connectivity index (χ1) is 11.5. The molecule has 3 aliphatic rings. The van der Waals surface area contributed by atoms with Crippen molar-refractivity contribution < 1.29 is 27.7 Å². The summed E-state index contributed by atoms with van der Waals surface area (Å²) in [5.41, 5.74) is -0.390. The van der Waals surface area contributed by atoms with Gasteiger partial charge in [-0.15, -0.1) is 0 Å². The lowest BCUT2D eigenvalue weighted by molar-refractivity contribution is -0.0414. The van der Waals surface area contributed by atoms with E-state index in [-0.39, 0.29) is 22.8 Å². The van der Waals surface area contributed by atoms with Crippen LogP contribution in [0.4, 0.5) is 0 Å². The number of aliphatic hydroxyl groups is 1. The number of nitrogens with zero attached hydrogens (tertiary/aromatic N) is 1. The molecule has 4 rings (SSSR count). The van der Waals surface area contributed by atoms with Crippen molar-refractivity contribution >= 4 is 10.0 Å². The van der Waals surface area contributed by atoms with Crippen molar-refractivity contribution in [3.8, 4) is 11.5 Å². The van der Waals surface area contributed by atoms with Crippen LogP contribution >= 0.6 is 0 Å². The normalized spacial score (nSPS) is 30.1. The van der Waals surface area contributed by atoms with Crippen LogP contribution in [0.2, 0.25) is 0 Å². The van der Waals surface area contributed by atoms with Crippen molar-refractivity contribution in [3.63, 3.8) is 0 Å². The van der Waals surface area contributed by atoms with Crippen LogP contribution in [0.5, 0.6) is 11.5 Å². The van der Waals surface area contributed by atoms with Gasteiger partial charge >= 0.3 is 0 Å². The number of hydrogen-bond donors (Lipinski definition) is 1. The Balaban J connectivity index is 1.64. The van der Waals surface area contributed by atoms with Crippen molar-refractivity contribution in [2.45, 2.75) is 11.3 Å². The van der Waals surface area contributed by atoms with E-state index >= 15 is 0 Å². The van der Waals surface area contributed by atoms with Crippen molar-refractivity contribution in [1.29, 1.82) is 0 Å². The van der Waals surface area contributed by atoms with Crippen LogP contribution in [0.15, 0.2) is 23.1 Å². The van der Waals surface area contributed by atoms with Crippen molar-refractivity contribution in [2.75, 3.05) is 46.1 Å². The molecule has 24 heavy (non-hydrogen) atoms. The maximum atomic E-state index is 13.0. The second-order valence-electron chi connectivity index (χ2n) is 6.65. The molecule has 132 valence electrons. The van der Waals surface area contributed by atoms with E-state index in [1.807, 2.05) is 0 Å². The van der Waals surface area contributed by atoms with Gasteiger partial charge in [-0.25, -0.2) is 8.42 Å². The van der Waals surface area contributed by atoms with Gasteiger partial charge in [0.25, 0.3) is 0 Å². The van der Waals surface area contributed by atoms with Gasteiger partial charge in [-0.05, 0) is 18.6 Å². The van der Waals surface area contributed by atoms with Gasteiger partial charge in [-0.1, -0.05) is 0 Å². The zero-order valence-corrected chi connectivity index (χ0v) is 14.1.